The lowest BCUT2D eigenvalue weighted by atomic mass is 10.1. The number of nitrogens with one attached hydrogen (secondary N) is 1. The van der Waals surface area contributed by atoms with Gasteiger partial charge in [0.2, 0.25) is 0 Å². The number of hydrogen-bond acceptors (Lipinski definition) is 2. The molecule has 3 atom stereocenters. The highest BCUT2D eigenvalue weighted by atomic mass is 19.1. The first-order valence-electron chi connectivity index (χ1n) is 7.39. The Morgan fingerprint density at radius 3 is 2.62 bits per heavy atom. The molecule has 4 nitrogen and oxygen atoms in total. The Morgan fingerprint density at radius 2 is 2.05 bits per heavy atom. The monoisotopic (exact) mass is 294 g/mol. The van der Waals surface area contributed by atoms with Crippen molar-refractivity contribution in [3.8, 4) is 0 Å². The minimum atomic E-state index is -0.273. The average Bonchev–Trinajstić information content (AvgIpc) is 3.00. The summed E-state index contributed by atoms with van der Waals surface area (Å²) in [5.41, 5.74) is 0.902. The third-order valence-corrected chi connectivity index (χ3v) is 4.13. The van der Waals surface area contributed by atoms with Crippen molar-refractivity contribution in [2.24, 2.45) is 0 Å². The fourth-order valence-electron chi connectivity index (χ4n) is 2.53. The van der Waals surface area contributed by atoms with Crippen LogP contribution >= 0.6 is 0 Å². The number of hydrogen-bond donors (Lipinski definition) is 1. The number of carbonyl (C=O) groups is 1. The molecule has 0 saturated carbocycles. The summed E-state index contributed by atoms with van der Waals surface area (Å²) in [6.07, 6.45) is 2.13. The number of benzene rings is 1. The van der Waals surface area contributed by atoms with E-state index in [9.17, 15) is 9.18 Å². The van der Waals surface area contributed by atoms with Gasteiger partial charge >= 0.3 is 6.03 Å². The molecule has 1 saturated heterocycles. The second kappa shape index (κ2) is 6.89. The Hall–Kier alpha value is -1.62. The molecule has 1 heterocycles. The molecule has 0 radical (unpaired) electrons. The van der Waals surface area contributed by atoms with Gasteiger partial charge in [-0.05, 0) is 44.4 Å². The van der Waals surface area contributed by atoms with Crippen LogP contribution in [0.1, 0.15) is 38.3 Å². The largest absolute Gasteiger partial charge is 0.376 e. The van der Waals surface area contributed by atoms with Crippen LogP contribution < -0.4 is 5.32 Å². The molecule has 1 aromatic carbocycles. The summed E-state index contributed by atoms with van der Waals surface area (Å²) < 4.78 is 18.5. The Kier molecular flexibility index (Phi) is 5.17. The van der Waals surface area contributed by atoms with Crippen LogP contribution in [-0.4, -0.2) is 36.7 Å². The molecule has 0 aliphatic carbocycles. The normalized spacial score (nSPS) is 20.9. The van der Waals surface area contributed by atoms with E-state index in [0.717, 1.165) is 25.0 Å². The molecule has 1 aliphatic rings. The summed E-state index contributed by atoms with van der Waals surface area (Å²) in [6, 6.07) is 5.94. The summed E-state index contributed by atoms with van der Waals surface area (Å²) in [5.74, 6) is -0.273. The SMILES string of the molecule is CC(NC(=O)N(C)C(C)c1ccc(F)cc1)C1CCCO1. The first kappa shape index (κ1) is 15.8. The second-order valence-electron chi connectivity index (χ2n) is 5.63. The molecular formula is C16H23FN2O2. The molecule has 1 N–H and O–H groups in total. The number of rotatable bonds is 4. The van der Waals surface area contributed by atoms with Gasteiger partial charge in [-0.3, -0.25) is 0 Å². The lowest BCUT2D eigenvalue weighted by Crippen LogP contribution is -2.47. The summed E-state index contributed by atoms with van der Waals surface area (Å²) >= 11 is 0. The minimum absolute atomic E-state index is 0.0112. The molecule has 0 spiro atoms. The van der Waals surface area contributed by atoms with Gasteiger partial charge in [-0.25, -0.2) is 9.18 Å². The Labute approximate surface area is 125 Å². The number of ether oxygens (including phenoxy) is 1. The number of nitrogens with zero attached hydrogens (tertiary/aromatic N) is 1. The molecule has 116 valence electrons. The highest BCUT2D eigenvalue weighted by Gasteiger charge is 2.26. The molecule has 0 bridgehead atoms. The second-order valence-corrected chi connectivity index (χ2v) is 5.63. The van der Waals surface area contributed by atoms with Crippen LogP contribution in [-0.2, 0) is 4.74 Å². The highest BCUT2D eigenvalue weighted by molar-refractivity contribution is 5.74. The molecule has 2 rings (SSSR count). The molecule has 1 aromatic rings. The van der Waals surface area contributed by atoms with Crippen LogP contribution in [0.4, 0.5) is 9.18 Å². The quantitative estimate of drug-likeness (QED) is 0.927. The van der Waals surface area contributed by atoms with Crippen LogP contribution in [0.25, 0.3) is 0 Å². The van der Waals surface area contributed by atoms with E-state index < -0.39 is 0 Å². The van der Waals surface area contributed by atoms with Gasteiger partial charge in [-0.1, -0.05) is 12.1 Å². The van der Waals surface area contributed by atoms with Gasteiger partial charge in [0.1, 0.15) is 5.82 Å². The molecule has 1 fully saturated rings. The van der Waals surface area contributed by atoms with Gasteiger partial charge in [0, 0.05) is 13.7 Å². The lowest BCUT2D eigenvalue weighted by Gasteiger charge is -2.28. The van der Waals surface area contributed by atoms with Crippen LogP contribution in [0.3, 0.4) is 0 Å². The van der Waals surface area contributed by atoms with Gasteiger partial charge in [0.25, 0.3) is 0 Å². The molecule has 21 heavy (non-hydrogen) atoms. The number of carbonyl (C=O) groups excluding carboxylic acids is 1. The molecule has 1 aliphatic heterocycles. The lowest BCUT2D eigenvalue weighted by molar-refractivity contribution is 0.0830. The summed E-state index contributed by atoms with van der Waals surface area (Å²) in [4.78, 5) is 13.9. The van der Waals surface area contributed by atoms with E-state index in [4.69, 9.17) is 4.74 Å². The average molecular weight is 294 g/mol. The zero-order chi connectivity index (χ0) is 15.4. The van der Waals surface area contributed by atoms with Crippen molar-refractivity contribution in [3.05, 3.63) is 35.6 Å². The Balaban J connectivity index is 1.93. The van der Waals surface area contributed by atoms with Crippen LogP contribution in [0, 0.1) is 5.82 Å². The van der Waals surface area contributed by atoms with Crippen LogP contribution in [0.15, 0.2) is 24.3 Å². The maximum absolute atomic E-state index is 12.9. The highest BCUT2D eigenvalue weighted by Crippen LogP contribution is 2.20. The number of urea groups is 1. The molecule has 5 heteroatoms. The maximum Gasteiger partial charge on any atom is 0.317 e. The fraction of sp³-hybridized carbons (Fsp3) is 0.562. The zero-order valence-corrected chi connectivity index (χ0v) is 12.8. The molecular weight excluding hydrogens is 271 g/mol. The van der Waals surface area contributed by atoms with Crippen LogP contribution in [0.2, 0.25) is 0 Å². The van der Waals surface area contributed by atoms with E-state index in [1.54, 1.807) is 24.1 Å². The number of amides is 2. The van der Waals surface area contributed by atoms with Crippen molar-refractivity contribution in [1.29, 1.82) is 0 Å². The van der Waals surface area contributed by atoms with Gasteiger partial charge < -0.3 is 15.0 Å². The van der Waals surface area contributed by atoms with Crippen molar-refractivity contribution < 1.29 is 13.9 Å². The van der Waals surface area contributed by atoms with Gasteiger partial charge in [-0.2, -0.15) is 0 Å². The van der Waals surface area contributed by atoms with E-state index in [-0.39, 0.29) is 30.0 Å². The van der Waals surface area contributed by atoms with E-state index in [1.807, 2.05) is 13.8 Å². The van der Waals surface area contributed by atoms with Crippen molar-refractivity contribution in [2.45, 2.75) is 44.9 Å². The van der Waals surface area contributed by atoms with Crippen molar-refractivity contribution >= 4 is 6.03 Å². The predicted molar refractivity (Wildman–Crippen MR) is 79.5 cm³/mol. The zero-order valence-electron chi connectivity index (χ0n) is 12.8. The van der Waals surface area contributed by atoms with Gasteiger partial charge in [0.05, 0.1) is 18.2 Å². The summed E-state index contributed by atoms with van der Waals surface area (Å²) in [6.45, 7) is 4.65. The standard InChI is InChI=1S/C16H23FN2O2/c1-11(15-5-4-10-21-15)18-16(20)19(3)12(2)13-6-8-14(17)9-7-13/h6-9,11-12,15H,4-5,10H2,1-3H3,(H,18,20). The van der Waals surface area contributed by atoms with Gasteiger partial charge in [0.15, 0.2) is 0 Å². The smallest absolute Gasteiger partial charge is 0.317 e. The first-order chi connectivity index (χ1) is 9.99. The molecule has 0 aromatic heterocycles. The van der Waals surface area contributed by atoms with E-state index in [2.05, 4.69) is 5.32 Å². The third-order valence-electron chi connectivity index (χ3n) is 4.13. The fourth-order valence-corrected chi connectivity index (χ4v) is 2.53. The molecule has 3 unspecified atom stereocenters. The van der Waals surface area contributed by atoms with Crippen molar-refractivity contribution in [2.75, 3.05) is 13.7 Å². The van der Waals surface area contributed by atoms with Crippen molar-refractivity contribution in [1.82, 2.24) is 10.2 Å². The third kappa shape index (κ3) is 3.94. The topological polar surface area (TPSA) is 41.6 Å². The van der Waals surface area contributed by atoms with E-state index >= 15 is 0 Å². The summed E-state index contributed by atoms with van der Waals surface area (Å²) in [5, 5.41) is 2.97. The Bertz CT molecular complexity index is 472. The Morgan fingerprint density at radius 1 is 1.38 bits per heavy atom. The maximum atomic E-state index is 12.9. The predicted octanol–water partition coefficient (Wildman–Crippen LogP) is 3.10. The van der Waals surface area contributed by atoms with E-state index in [1.165, 1.54) is 12.1 Å². The van der Waals surface area contributed by atoms with Crippen LogP contribution in [0.5, 0.6) is 0 Å². The minimum Gasteiger partial charge on any atom is -0.376 e. The van der Waals surface area contributed by atoms with Crippen molar-refractivity contribution in [3.63, 3.8) is 0 Å². The molecule has 2 amide bonds. The summed E-state index contributed by atoms with van der Waals surface area (Å²) in [7, 11) is 1.74. The van der Waals surface area contributed by atoms with E-state index in [0.29, 0.717) is 0 Å². The number of halogens is 1. The first-order valence-corrected chi connectivity index (χ1v) is 7.39. The van der Waals surface area contributed by atoms with Gasteiger partial charge in [-0.15, -0.1) is 0 Å².